The Morgan fingerprint density at radius 3 is 2.63 bits per heavy atom. The highest BCUT2D eigenvalue weighted by atomic mass is 16.5. The van der Waals surface area contributed by atoms with E-state index in [1.807, 2.05) is 64.0 Å². The smallest absolute Gasteiger partial charge is 0.302 e. The van der Waals surface area contributed by atoms with Gasteiger partial charge in [0, 0.05) is 45.7 Å². The molecule has 2 atom stereocenters. The summed E-state index contributed by atoms with van der Waals surface area (Å²) in [5.74, 6) is 1.17. The second-order valence-electron chi connectivity index (χ2n) is 9.08. The molecule has 4 rings (SSSR count). The molecule has 0 bridgehead atoms. The molecule has 1 aliphatic carbocycles. The van der Waals surface area contributed by atoms with Crippen molar-refractivity contribution in [2.75, 3.05) is 24.3 Å². The SMILES string of the molecule is CCc1nc(-c2cnc(N(C)C)cc2C)c(=O)n(CC)c1N[C@@H]1c2ccccc2C[C@@H]1OC(C)=O. The summed E-state index contributed by atoms with van der Waals surface area (Å²) in [5.41, 5.74) is 4.87. The Kier molecular flexibility index (Phi) is 6.91. The van der Waals surface area contributed by atoms with Gasteiger partial charge in [-0.1, -0.05) is 31.2 Å². The Morgan fingerprint density at radius 2 is 2.00 bits per heavy atom. The van der Waals surface area contributed by atoms with Crippen LogP contribution in [0.2, 0.25) is 0 Å². The van der Waals surface area contributed by atoms with E-state index in [9.17, 15) is 9.59 Å². The molecule has 184 valence electrons. The number of hydrogen-bond acceptors (Lipinski definition) is 7. The number of rotatable bonds is 7. The molecule has 0 amide bonds. The highest BCUT2D eigenvalue weighted by molar-refractivity contribution is 5.67. The number of benzene rings is 1. The molecule has 1 aromatic carbocycles. The van der Waals surface area contributed by atoms with E-state index in [1.54, 1.807) is 10.8 Å². The van der Waals surface area contributed by atoms with Crippen LogP contribution < -0.4 is 15.8 Å². The van der Waals surface area contributed by atoms with Crippen molar-refractivity contribution in [1.29, 1.82) is 0 Å². The quantitative estimate of drug-likeness (QED) is 0.518. The highest BCUT2D eigenvalue weighted by Crippen LogP contribution is 2.37. The van der Waals surface area contributed by atoms with Gasteiger partial charge in [0.05, 0.1) is 11.7 Å². The minimum atomic E-state index is -0.361. The van der Waals surface area contributed by atoms with E-state index in [0.717, 1.165) is 33.8 Å². The first-order valence-electron chi connectivity index (χ1n) is 12.0. The Hall–Kier alpha value is -3.68. The molecular formula is C27H33N5O3. The van der Waals surface area contributed by atoms with Gasteiger partial charge in [0.25, 0.3) is 5.56 Å². The maximum absolute atomic E-state index is 13.7. The van der Waals surface area contributed by atoms with Crippen molar-refractivity contribution >= 4 is 17.6 Å². The van der Waals surface area contributed by atoms with E-state index in [-0.39, 0.29) is 23.7 Å². The number of pyridine rings is 1. The number of nitrogens with zero attached hydrogens (tertiary/aromatic N) is 4. The Balaban J connectivity index is 1.81. The maximum Gasteiger partial charge on any atom is 0.302 e. The third kappa shape index (κ3) is 4.65. The van der Waals surface area contributed by atoms with Crippen molar-refractivity contribution < 1.29 is 9.53 Å². The van der Waals surface area contributed by atoms with Crippen molar-refractivity contribution in [3.63, 3.8) is 0 Å². The number of nitrogens with one attached hydrogen (secondary N) is 1. The zero-order chi connectivity index (χ0) is 25.3. The number of aryl methyl sites for hydroxylation is 2. The molecule has 1 aliphatic rings. The third-order valence-electron chi connectivity index (χ3n) is 6.49. The minimum Gasteiger partial charge on any atom is -0.460 e. The van der Waals surface area contributed by atoms with Crippen molar-refractivity contribution in [3.05, 3.63) is 69.3 Å². The molecule has 0 radical (unpaired) electrons. The summed E-state index contributed by atoms with van der Waals surface area (Å²) < 4.78 is 7.40. The van der Waals surface area contributed by atoms with E-state index >= 15 is 0 Å². The molecule has 35 heavy (non-hydrogen) atoms. The molecule has 2 aromatic heterocycles. The predicted octanol–water partition coefficient (Wildman–Crippen LogP) is 3.90. The molecule has 0 aliphatic heterocycles. The van der Waals surface area contributed by atoms with Crippen LogP contribution in [0, 0.1) is 6.92 Å². The molecule has 0 spiro atoms. The van der Waals surface area contributed by atoms with Gasteiger partial charge in [0.1, 0.15) is 23.4 Å². The average molecular weight is 476 g/mol. The predicted molar refractivity (Wildman–Crippen MR) is 138 cm³/mol. The summed E-state index contributed by atoms with van der Waals surface area (Å²) in [6.07, 6.45) is 2.62. The summed E-state index contributed by atoms with van der Waals surface area (Å²) in [7, 11) is 3.87. The van der Waals surface area contributed by atoms with E-state index in [2.05, 4.69) is 16.4 Å². The summed E-state index contributed by atoms with van der Waals surface area (Å²) in [5, 5.41) is 3.55. The number of aromatic nitrogens is 3. The number of ether oxygens (including phenoxy) is 1. The van der Waals surface area contributed by atoms with Gasteiger partial charge in [0.15, 0.2) is 0 Å². The first-order chi connectivity index (χ1) is 16.7. The Labute approximate surface area is 206 Å². The highest BCUT2D eigenvalue weighted by Gasteiger charge is 2.36. The Morgan fingerprint density at radius 1 is 1.26 bits per heavy atom. The van der Waals surface area contributed by atoms with Gasteiger partial charge in [-0.25, -0.2) is 9.97 Å². The monoisotopic (exact) mass is 475 g/mol. The van der Waals surface area contributed by atoms with Crippen LogP contribution in [0.3, 0.4) is 0 Å². The first kappa shape index (κ1) is 24.4. The van der Waals surface area contributed by atoms with Crippen LogP contribution in [0.4, 0.5) is 11.6 Å². The molecule has 3 aromatic rings. The largest absolute Gasteiger partial charge is 0.460 e. The van der Waals surface area contributed by atoms with Gasteiger partial charge >= 0.3 is 5.97 Å². The van der Waals surface area contributed by atoms with Gasteiger partial charge in [0.2, 0.25) is 0 Å². The van der Waals surface area contributed by atoms with Crippen molar-refractivity contribution in [2.45, 2.75) is 59.2 Å². The number of anilines is 2. The number of carbonyl (C=O) groups excluding carboxylic acids is 1. The summed E-state index contributed by atoms with van der Waals surface area (Å²) in [6, 6.07) is 9.75. The number of fused-ring (bicyclic) bond motifs is 1. The van der Waals surface area contributed by atoms with Crippen LogP contribution in [-0.2, 0) is 28.9 Å². The number of carbonyl (C=O) groups is 1. The van der Waals surface area contributed by atoms with Crippen LogP contribution in [0.25, 0.3) is 11.3 Å². The summed E-state index contributed by atoms with van der Waals surface area (Å²) >= 11 is 0. The third-order valence-corrected chi connectivity index (χ3v) is 6.49. The summed E-state index contributed by atoms with van der Waals surface area (Å²) in [6.45, 7) is 7.83. The molecule has 8 heteroatoms. The van der Waals surface area contributed by atoms with E-state index in [0.29, 0.717) is 30.9 Å². The second-order valence-corrected chi connectivity index (χ2v) is 9.08. The van der Waals surface area contributed by atoms with Crippen LogP contribution in [0.1, 0.15) is 49.2 Å². The normalized spacial score (nSPS) is 16.6. The fraction of sp³-hybridized carbons (Fsp3) is 0.407. The van der Waals surface area contributed by atoms with Crippen molar-refractivity contribution in [2.24, 2.45) is 0 Å². The lowest BCUT2D eigenvalue weighted by Crippen LogP contribution is -2.32. The molecule has 0 unspecified atom stereocenters. The average Bonchev–Trinajstić information content (AvgIpc) is 3.16. The summed E-state index contributed by atoms with van der Waals surface area (Å²) in [4.78, 5) is 36.8. The van der Waals surface area contributed by atoms with Gasteiger partial charge in [-0.3, -0.25) is 14.2 Å². The fourth-order valence-corrected chi connectivity index (χ4v) is 4.74. The van der Waals surface area contributed by atoms with Crippen molar-refractivity contribution in [3.8, 4) is 11.3 Å². The van der Waals surface area contributed by atoms with Crippen LogP contribution >= 0.6 is 0 Å². The van der Waals surface area contributed by atoms with E-state index in [1.165, 1.54) is 6.92 Å². The topological polar surface area (TPSA) is 89.3 Å². The zero-order valence-electron chi connectivity index (χ0n) is 21.3. The van der Waals surface area contributed by atoms with E-state index in [4.69, 9.17) is 9.72 Å². The lowest BCUT2D eigenvalue weighted by atomic mass is 10.1. The van der Waals surface area contributed by atoms with Gasteiger partial charge in [-0.15, -0.1) is 0 Å². The van der Waals surface area contributed by atoms with Gasteiger partial charge in [-0.05, 0) is 43.0 Å². The van der Waals surface area contributed by atoms with Gasteiger partial charge < -0.3 is 15.0 Å². The molecule has 0 saturated carbocycles. The van der Waals surface area contributed by atoms with Crippen LogP contribution in [0.5, 0.6) is 0 Å². The maximum atomic E-state index is 13.7. The van der Waals surface area contributed by atoms with Crippen molar-refractivity contribution in [1.82, 2.24) is 14.5 Å². The standard InChI is InChI=1S/C27H33N5O3/c1-7-21-26(30-24-19-12-10-9-11-18(19)14-22(24)35-17(4)33)32(8-2)27(34)25(29-21)20-15-28-23(31(5)6)13-16(20)3/h9-13,15,22,24,30H,7-8,14H2,1-6H3/t22-,24+/m0/s1. The first-order valence-corrected chi connectivity index (χ1v) is 12.0. The van der Waals surface area contributed by atoms with Gasteiger partial charge in [-0.2, -0.15) is 0 Å². The number of hydrogen-bond donors (Lipinski definition) is 1. The van der Waals surface area contributed by atoms with Crippen LogP contribution in [0.15, 0.2) is 41.3 Å². The minimum absolute atomic E-state index is 0.176. The zero-order valence-corrected chi connectivity index (χ0v) is 21.3. The van der Waals surface area contributed by atoms with Crippen LogP contribution in [-0.4, -0.2) is 40.7 Å². The molecule has 0 saturated heterocycles. The second kappa shape index (κ2) is 9.90. The molecular weight excluding hydrogens is 442 g/mol. The van der Waals surface area contributed by atoms with E-state index < -0.39 is 0 Å². The molecule has 2 heterocycles. The molecule has 8 nitrogen and oxygen atoms in total. The fourth-order valence-electron chi connectivity index (χ4n) is 4.74. The molecule has 1 N–H and O–H groups in total. The number of esters is 1. The molecule has 0 fully saturated rings. The Bertz CT molecular complexity index is 1310. The lowest BCUT2D eigenvalue weighted by Gasteiger charge is -2.26. The lowest BCUT2D eigenvalue weighted by molar-refractivity contribution is -0.146.